The first-order chi connectivity index (χ1) is 10.8. The van der Waals surface area contributed by atoms with Crippen LogP contribution < -0.4 is 5.56 Å². The summed E-state index contributed by atoms with van der Waals surface area (Å²) in [4.78, 5) is 36.1. The van der Waals surface area contributed by atoms with Crippen molar-refractivity contribution in [1.29, 1.82) is 0 Å². The van der Waals surface area contributed by atoms with E-state index in [0.717, 1.165) is 10.7 Å². The molecule has 23 heavy (non-hydrogen) atoms. The van der Waals surface area contributed by atoms with Gasteiger partial charge in [-0.3, -0.25) is 9.59 Å². The van der Waals surface area contributed by atoms with Gasteiger partial charge in [-0.2, -0.15) is 9.78 Å². The van der Waals surface area contributed by atoms with Gasteiger partial charge in [-0.1, -0.05) is 23.2 Å². The number of carbonyl (C=O) groups excluding carboxylic acids is 2. The van der Waals surface area contributed by atoms with Crippen LogP contribution >= 0.6 is 23.2 Å². The number of esters is 1. The molecule has 120 valence electrons. The number of hydrogen-bond acceptors (Lipinski definition) is 5. The van der Waals surface area contributed by atoms with Crippen LogP contribution in [0.2, 0.25) is 10.0 Å². The third-order valence-corrected chi connectivity index (χ3v) is 3.46. The highest BCUT2D eigenvalue weighted by molar-refractivity contribution is 6.34. The van der Waals surface area contributed by atoms with E-state index in [2.05, 4.69) is 5.10 Å². The van der Waals surface area contributed by atoms with Crippen LogP contribution in [0, 0.1) is 0 Å². The van der Waals surface area contributed by atoms with Crippen LogP contribution in [0.3, 0.4) is 0 Å². The lowest BCUT2D eigenvalue weighted by molar-refractivity contribution is 0.0523. The first kappa shape index (κ1) is 17.2. The Bertz CT molecular complexity index is 846. The molecule has 0 atom stereocenters. The minimum absolute atomic E-state index is 0.0660. The van der Waals surface area contributed by atoms with E-state index in [0.29, 0.717) is 5.02 Å². The SMILES string of the molecule is CCOC(=O)c1cc(C(C)=O)nn(-c2cc(Cl)ccc2Cl)c1=O. The predicted octanol–water partition coefficient (Wildman–Crippen LogP) is 2.92. The van der Waals surface area contributed by atoms with E-state index in [9.17, 15) is 14.4 Å². The van der Waals surface area contributed by atoms with Crippen LogP contribution in [0.1, 0.15) is 34.7 Å². The quantitative estimate of drug-likeness (QED) is 0.623. The van der Waals surface area contributed by atoms with E-state index in [1.807, 2.05) is 0 Å². The molecule has 1 aromatic heterocycles. The van der Waals surface area contributed by atoms with E-state index in [4.69, 9.17) is 27.9 Å². The third-order valence-electron chi connectivity index (χ3n) is 2.90. The van der Waals surface area contributed by atoms with Gasteiger partial charge >= 0.3 is 5.97 Å². The van der Waals surface area contributed by atoms with Gasteiger partial charge in [-0.15, -0.1) is 0 Å². The topological polar surface area (TPSA) is 78.3 Å². The number of aromatic nitrogens is 2. The average Bonchev–Trinajstić information content (AvgIpc) is 2.50. The van der Waals surface area contributed by atoms with Crippen LogP contribution in [0.4, 0.5) is 0 Å². The lowest BCUT2D eigenvalue weighted by atomic mass is 10.2. The molecule has 8 heteroatoms. The molecule has 0 N–H and O–H groups in total. The standard InChI is InChI=1S/C15H12Cl2N2O4/c1-3-23-15(22)10-7-12(8(2)20)18-19(14(10)21)13-6-9(16)4-5-11(13)17/h4-7H,3H2,1-2H3. The van der Waals surface area contributed by atoms with Crippen molar-refractivity contribution in [2.75, 3.05) is 6.61 Å². The molecule has 0 aliphatic carbocycles. The summed E-state index contributed by atoms with van der Waals surface area (Å²) in [5.74, 6) is -1.25. The number of ether oxygens (including phenoxy) is 1. The van der Waals surface area contributed by atoms with Gasteiger partial charge in [0.25, 0.3) is 5.56 Å². The van der Waals surface area contributed by atoms with Crippen LogP contribution in [0.25, 0.3) is 5.69 Å². The summed E-state index contributed by atoms with van der Waals surface area (Å²) < 4.78 is 5.71. The maximum atomic E-state index is 12.5. The normalized spacial score (nSPS) is 10.4. The predicted molar refractivity (Wildman–Crippen MR) is 85.8 cm³/mol. The Morgan fingerprint density at radius 2 is 1.96 bits per heavy atom. The number of nitrogens with zero attached hydrogens (tertiary/aromatic N) is 2. The summed E-state index contributed by atoms with van der Waals surface area (Å²) in [5.41, 5.74) is -0.956. The zero-order valence-corrected chi connectivity index (χ0v) is 13.8. The summed E-state index contributed by atoms with van der Waals surface area (Å²) in [6.07, 6.45) is 0. The zero-order chi connectivity index (χ0) is 17.1. The number of benzene rings is 1. The molecule has 0 saturated carbocycles. The van der Waals surface area contributed by atoms with Crippen molar-refractivity contribution in [1.82, 2.24) is 9.78 Å². The lowest BCUT2D eigenvalue weighted by Crippen LogP contribution is -2.30. The molecule has 6 nitrogen and oxygen atoms in total. The highest BCUT2D eigenvalue weighted by Crippen LogP contribution is 2.23. The summed E-state index contributed by atoms with van der Waals surface area (Å²) >= 11 is 12.0. The Kier molecular flexibility index (Phi) is 5.18. The molecule has 0 spiro atoms. The average molecular weight is 355 g/mol. The highest BCUT2D eigenvalue weighted by Gasteiger charge is 2.20. The van der Waals surface area contributed by atoms with E-state index < -0.39 is 17.3 Å². The fourth-order valence-corrected chi connectivity index (χ4v) is 2.20. The Balaban J connectivity index is 2.77. The summed E-state index contributed by atoms with van der Waals surface area (Å²) in [5, 5.41) is 4.47. The molecule has 0 fully saturated rings. The van der Waals surface area contributed by atoms with Gasteiger partial charge in [0.1, 0.15) is 11.3 Å². The second-order valence-corrected chi connectivity index (χ2v) is 5.38. The molecule has 1 heterocycles. The largest absolute Gasteiger partial charge is 0.462 e. The highest BCUT2D eigenvalue weighted by atomic mass is 35.5. The van der Waals surface area contributed by atoms with E-state index in [1.54, 1.807) is 13.0 Å². The molecule has 1 aromatic carbocycles. The molecular weight excluding hydrogens is 343 g/mol. The second-order valence-electron chi connectivity index (χ2n) is 4.53. The molecule has 2 aromatic rings. The van der Waals surface area contributed by atoms with E-state index in [-0.39, 0.29) is 28.6 Å². The number of rotatable bonds is 4. The molecule has 0 amide bonds. The van der Waals surface area contributed by atoms with E-state index >= 15 is 0 Å². The Hall–Kier alpha value is -2.18. The molecular formula is C15H12Cl2N2O4. The van der Waals surface area contributed by atoms with Crippen molar-refractivity contribution < 1.29 is 14.3 Å². The van der Waals surface area contributed by atoms with E-state index in [1.165, 1.54) is 19.1 Å². The maximum absolute atomic E-state index is 12.5. The fraction of sp³-hybridized carbons (Fsp3) is 0.200. The first-order valence-corrected chi connectivity index (χ1v) is 7.38. The van der Waals surface area contributed by atoms with Gasteiger partial charge in [0.15, 0.2) is 5.78 Å². The first-order valence-electron chi connectivity index (χ1n) is 6.63. The van der Waals surface area contributed by atoms with Gasteiger partial charge in [0.2, 0.25) is 0 Å². The minimum Gasteiger partial charge on any atom is -0.462 e. The van der Waals surface area contributed by atoms with Crippen molar-refractivity contribution in [3.63, 3.8) is 0 Å². The molecule has 0 saturated heterocycles. The number of Topliss-reactive ketones (excluding diaryl/α,β-unsaturated/α-hetero) is 1. The lowest BCUT2D eigenvalue weighted by Gasteiger charge is -2.10. The Labute approximate surface area is 141 Å². The van der Waals surface area contributed by atoms with Crippen LogP contribution in [0.15, 0.2) is 29.1 Å². The van der Waals surface area contributed by atoms with Gasteiger partial charge in [-0.05, 0) is 31.2 Å². The summed E-state index contributed by atoms with van der Waals surface area (Å²) in [6.45, 7) is 2.97. The van der Waals surface area contributed by atoms with Gasteiger partial charge in [-0.25, -0.2) is 4.79 Å². The molecule has 0 bridgehead atoms. The number of ketones is 1. The molecule has 0 aliphatic rings. The Morgan fingerprint density at radius 1 is 1.26 bits per heavy atom. The number of hydrogen-bond donors (Lipinski definition) is 0. The van der Waals surface area contributed by atoms with Gasteiger partial charge in [0.05, 0.1) is 17.3 Å². The van der Waals surface area contributed by atoms with Gasteiger partial charge < -0.3 is 4.74 Å². The van der Waals surface area contributed by atoms with Gasteiger partial charge in [0, 0.05) is 11.9 Å². The number of carbonyl (C=O) groups is 2. The summed E-state index contributed by atoms with van der Waals surface area (Å²) in [6, 6.07) is 5.55. The maximum Gasteiger partial charge on any atom is 0.343 e. The molecule has 0 aliphatic heterocycles. The smallest absolute Gasteiger partial charge is 0.343 e. The van der Waals surface area contributed by atoms with Crippen LogP contribution in [-0.2, 0) is 4.74 Å². The minimum atomic E-state index is -0.839. The fourth-order valence-electron chi connectivity index (χ4n) is 1.83. The summed E-state index contributed by atoms with van der Waals surface area (Å²) in [7, 11) is 0. The monoisotopic (exact) mass is 354 g/mol. The van der Waals surface area contributed by atoms with Crippen molar-refractivity contribution in [2.24, 2.45) is 0 Å². The van der Waals surface area contributed by atoms with Crippen LogP contribution in [-0.4, -0.2) is 28.1 Å². The molecule has 0 radical (unpaired) electrons. The van der Waals surface area contributed by atoms with Crippen LogP contribution in [0.5, 0.6) is 0 Å². The molecule has 0 unspecified atom stereocenters. The van der Waals surface area contributed by atoms with Crippen molar-refractivity contribution in [3.05, 3.63) is 55.9 Å². The third kappa shape index (κ3) is 3.60. The molecule has 2 rings (SSSR count). The zero-order valence-electron chi connectivity index (χ0n) is 12.3. The van der Waals surface area contributed by atoms with Crippen molar-refractivity contribution in [2.45, 2.75) is 13.8 Å². The second kappa shape index (κ2) is 6.93. The Morgan fingerprint density at radius 3 is 2.57 bits per heavy atom. The van der Waals surface area contributed by atoms with Crippen molar-refractivity contribution in [3.8, 4) is 5.69 Å². The number of halogens is 2. The van der Waals surface area contributed by atoms with Crippen molar-refractivity contribution >= 4 is 35.0 Å².